The van der Waals surface area contributed by atoms with Gasteiger partial charge in [-0.1, -0.05) is 24.3 Å². The molecule has 0 unspecified atom stereocenters. The number of carbonyl (C=O) groups excluding carboxylic acids is 2. The molecule has 1 aliphatic rings. The minimum absolute atomic E-state index is 0.118. The highest BCUT2D eigenvalue weighted by Gasteiger charge is 2.42. The van der Waals surface area contributed by atoms with E-state index in [1.54, 1.807) is 41.9 Å². The van der Waals surface area contributed by atoms with Gasteiger partial charge in [-0.25, -0.2) is 18.4 Å². The molecule has 2 atom stereocenters. The molecule has 1 N–H and O–H groups in total. The van der Waals surface area contributed by atoms with Gasteiger partial charge in [0.1, 0.15) is 24.0 Å². The number of ketones is 1. The summed E-state index contributed by atoms with van der Waals surface area (Å²) in [6, 6.07) is 13.6. The van der Waals surface area contributed by atoms with Crippen LogP contribution in [0.5, 0.6) is 5.88 Å². The number of halogens is 5. The molecule has 9 nitrogen and oxygen atoms in total. The number of nitrogens with one attached hydrogen (secondary N) is 1. The fraction of sp³-hybridized carbons (Fsp3) is 0.312. The highest BCUT2D eigenvalue weighted by atomic mass is 19.4. The first-order valence-corrected chi connectivity index (χ1v) is 14.2. The molecule has 0 spiro atoms. The molecule has 14 heteroatoms. The monoisotopic (exact) mass is 643 g/mol. The molecule has 0 radical (unpaired) electrons. The standard InChI is InChI=1S/C32H30F5N5O4/c1-18-27(14-23(43)11-21-16-41(17-32(35,36)37)46-29(21)19-9-10-25(33)26(34)13-19)42(22-7-5-4-6-8-22)40-28(18)20-12-24(30(44)38-2)31(45-3)39-15-20/h4-10,12-13,15,21,29H,11,14,16-17H2,1-3H3,(H,38,44)/t21-,29+/m1/s1. The first kappa shape index (κ1) is 32.7. The maximum Gasteiger partial charge on any atom is 0.403 e. The molecule has 5 rings (SSSR count). The van der Waals surface area contributed by atoms with Crippen LogP contribution in [0, 0.1) is 24.5 Å². The zero-order chi connectivity index (χ0) is 33.2. The summed E-state index contributed by atoms with van der Waals surface area (Å²) in [7, 11) is 2.87. The average Bonchev–Trinajstić information content (AvgIpc) is 3.56. The molecule has 242 valence electrons. The molecule has 3 heterocycles. The van der Waals surface area contributed by atoms with E-state index in [2.05, 4.69) is 10.3 Å². The SMILES string of the molecule is CNC(=O)c1cc(-c2nn(-c3ccccc3)c(CC(=O)C[C@@H]3CN(CC(F)(F)F)O[C@H]3c3ccc(F)c(F)c3)c2C)cnc1OC. The number of methoxy groups -OCH3 is 1. The van der Waals surface area contributed by atoms with E-state index < -0.39 is 42.3 Å². The second kappa shape index (κ2) is 13.3. The molecular weight excluding hydrogens is 613 g/mol. The van der Waals surface area contributed by atoms with Crippen LogP contribution in [0.3, 0.4) is 0 Å². The number of Topliss-reactive ketones (excluding diaryl/α,β-unsaturated/α-hetero) is 1. The van der Waals surface area contributed by atoms with Gasteiger partial charge in [-0.05, 0) is 48.4 Å². The summed E-state index contributed by atoms with van der Waals surface area (Å²) in [6.07, 6.45) is -4.55. The third-order valence-electron chi connectivity index (χ3n) is 7.65. The second-order valence-electron chi connectivity index (χ2n) is 10.8. The Labute approximate surface area is 260 Å². The van der Waals surface area contributed by atoms with Crippen LogP contribution in [0.1, 0.15) is 39.7 Å². The van der Waals surface area contributed by atoms with Crippen molar-refractivity contribution < 1.29 is 41.1 Å². The lowest BCUT2D eigenvalue weighted by molar-refractivity contribution is -0.227. The van der Waals surface area contributed by atoms with Crippen LogP contribution in [0.4, 0.5) is 22.0 Å². The lowest BCUT2D eigenvalue weighted by Crippen LogP contribution is -2.31. The zero-order valence-electron chi connectivity index (χ0n) is 25.1. The molecular formula is C32H30F5N5O4. The van der Waals surface area contributed by atoms with Crippen molar-refractivity contribution in [1.82, 2.24) is 25.1 Å². The number of amides is 1. The second-order valence-corrected chi connectivity index (χ2v) is 10.8. The van der Waals surface area contributed by atoms with Crippen LogP contribution in [0.15, 0.2) is 60.8 Å². The van der Waals surface area contributed by atoms with E-state index in [9.17, 15) is 31.5 Å². The predicted molar refractivity (Wildman–Crippen MR) is 156 cm³/mol. The number of pyridine rings is 1. The summed E-state index contributed by atoms with van der Waals surface area (Å²) in [5.74, 6) is -3.71. The minimum atomic E-state index is -4.58. The third-order valence-corrected chi connectivity index (χ3v) is 7.65. The summed E-state index contributed by atoms with van der Waals surface area (Å²) >= 11 is 0. The number of carbonyl (C=O) groups is 2. The van der Waals surface area contributed by atoms with Gasteiger partial charge in [-0.15, -0.1) is 0 Å². The first-order chi connectivity index (χ1) is 21.9. The molecule has 46 heavy (non-hydrogen) atoms. The number of benzene rings is 2. The highest BCUT2D eigenvalue weighted by Crippen LogP contribution is 2.39. The first-order valence-electron chi connectivity index (χ1n) is 14.2. The predicted octanol–water partition coefficient (Wildman–Crippen LogP) is 5.56. The lowest BCUT2D eigenvalue weighted by Gasteiger charge is -2.19. The number of hydroxylamine groups is 2. The Morgan fingerprint density at radius 3 is 2.48 bits per heavy atom. The van der Waals surface area contributed by atoms with Crippen LogP contribution in [-0.2, 0) is 16.1 Å². The van der Waals surface area contributed by atoms with Crippen molar-refractivity contribution in [2.45, 2.75) is 32.0 Å². The Bertz CT molecular complexity index is 1740. The van der Waals surface area contributed by atoms with Crippen LogP contribution >= 0.6 is 0 Å². The van der Waals surface area contributed by atoms with Crippen molar-refractivity contribution >= 4 is 11.7 Å². The normalized spacial score (nSPS) is 16.9. The van der Waals surface area contributed by atoms with Gasteiger partial charge in [0.2, 0.25) is 5.88 Å². The van der Waals surface area contributed by atoms with Gasteiger partial charge in [-0.2, -0.15) is 23.3 Å². The van der Waals surface area contributed by atoms with Crippen LogP contribution < -0.4 is 10.1 Å². The summed E-state index contributed by atoms with van der Waals surface area (Å²) in [4.78, 5) is 35.9. The molecule has 0 bridgehead atoms. The van der Waals surface area contributed by atoms with Crippen LogP contribution in [0.2, 0.25) is 0 Å². The Kier molecular flexibility index (Phi) is 9.49. The number of aromatic nitrogens is 3. The van der Waals surface area contributed by atoms with Gasteiger partial charge < -0.3 is 10.1 Å². The van der Waals surface area contributed by atoms with Gasteiger partial charge in [0, 0.05) is 44.1 Å². The topological polar surface area (TPSA) is 98.6 Å². The van der Waals surface area contributed by atoms with Crippen LogP contribution in [0.25, 0.3) is 16.9 Å². The van der Waals surface area contributed by atoms with Gasteiger partial charge in [0.15, 0.2) is 11.6 Å². The van der Waals surface area contributed by atoms with E-state index in [0.29, 0.717) is 33.3 Å². The fourth-order valence-corrected chi connectivity index (χ4v) is 5.53. The van der Waals surface area contributed by atoms with E-state index in [-0.39, 0.29) is 42.2 Å². The molecule has 4 aromatic rings. The molecule has 0 aliphatic carbocycles. The largest absolute Gasteiger partial charge is 0.480 e. The Hall–Kier alpha value is -4.69. The smallest absolute Gasteiger partial charge is 0.403 e. The summed E-state index contributed by atoms with van der Waals surface area (Å²) in [6.45, 7) is 0.119. The number of para-hydroxylation sites is 1. The van der Waals surface area contributed by atoms with Crippen molar-refractivity contribution in [1.29, 1.82) is 0 Å². The number of hydrogen-bond donors (Lipinski definition) is 1. The Morgan fingerprint density at radius 1 is 1.09 bits per heavy atom. The van der Waals surface area contributed by atoms with E-state index in [1.807, 2.05) is 6.07 Å². The van der Waals surface area contributed by atoms with E-state index in [1.165, 1.54) is 26.4 Å². The molecule has 1 aliphatic heterocycles. The maximum absolute atomic E-state index is 14.1. The van der Waals surface area contributed by atoms with Crippen molar-refractivity contribution in [3.8, 4) is 22.8 Å². The van der Waals surface area contributed by atoms with E-state index in [4.69, 9.17) is 14.7 Å². The maximum atomic E-state index is 14.1. The summed E-state index contributed by atoms with van der Waals surface area (Å²) < 4.78 is 74.2. The molecule has 1 fully saturated rings. The Balaban J connectivity index is 1.48. The van der Waals surface area contributed by atoms with Gasteiger partial charge >= 0.3 is 6.18 Å². The van der Waals surface area contributed by atoms with Crippen molar-refractivity contribution in [2.75, 3.05) is 27.2 Å². The molecule has 0 saturated carbocycles. The summed E-state index contributed by atoms with van der Waals surface area (Å²) in [5, 5.41) is 8.01. The lowest BCUT2D eigenvalue weighted by atomic mass is 9.90. The number of ether oxygens (including phenoxy) is 1. The minimum Gasteiger partial charge on any atom is -0.480 e. The number of hydrogen-bond acceptors (Lipinski definition) is 7. The van der Waals surface area contributed by atoms with Gasteiger partial charge in [0.25, 0.3) is 5.91 Å². The van der Waals surface area contributed by atoms with Crippen molar-refractivity contribution in [3.05, 3.63) is 94.8 Å². The summed E-state index contributed by atoms with van der Waals surface area (Å²) in [5.41, 5.74) is 3.02. The molecule has 1 amide bonds. The number of rotatable bonds is 10. The quantitative estimate of drug-likeness (QED) is 0.226. The zero-order valence-corrected chi connectivity index (χ0v) is 25.1. The Morgan fingerprint density at radius 2 is 1.83 bits per heavy atom. The van der Waals surface area contributed by atoms with Crippen molar-refractivity contribution in [2.24, 2.45) is 5.92 Å². The third kappa shape index (κ3) is 7.07. The average molecular weight is 644 g/mol. The molecule has 2 aromatic carbocycles. The van der Waals surface area contributed by atoms with E-state index >= 15 is 0 Å². The molecule has 2 aromatic heterocycles. The van der Waals surface area contributed by atoms with E-state index in [0.717, 1.165) is 12.1 Å². The number of nitrogens with zero attached hydrogens (tertiary/aromatic N) is 4. The fourth-order valence-electron chi connectivity index (χ4n) is 5.53. The van der Waals surface area contributed by atoms with Gasteiger partial charge in [-0.3, -0.25) is 14.4 Å². The van der Waals surface area contributed by atoms with Gasteiger partial charge in [0.05, 0.1) is 24.2 Å². The van der Waals surface area contributed by atoms with Crippen molar-refractivity contribution in [3.63, 3.8) is 0 Å². The highest BCUT2D eigenvalue weighted by molar-refractivity contribution is 5.97. The van der Waals surface area contributed by atoms with Crippen LogP contribution in [-0.4, -0.2) is 64.9 Å². The number of alkyl halides is 3. The molecule has 1 saturated heterocycles.